The lowest BCUT2D eigenvalue weighted by molar-refractivity contribution is -0.140. The van der Waals surface area contributed by atoms with Crippen molar-refractivity contribution in [2.75, 3.05) is 20.3 Å². The summed E-state index contributed by atoms with van der Waals surface area (Å²) in [6.07, 6.45) is 1.05. The monoisotopic (exact) mass is 523 g/mol. The molecule has 0 bridgehead atoms. The van der Waals surface area contributed by atoms with E-state index >= 15 is 0 Å². The van der Waals surface area contributed by atoms with Gasteiger partial charge in [0.2, 0.25) is 0 Å². The lowest BCUT2D eigenvalue weighted by atomic mass is 9.71. The molecule has 6 nitrogen and oxygen atoms in total. The smallest absolute Gasteiger partial charge is 0.336 e. The molecule has 0 fully saturated rings. The summed E-state index contributed by atoms with van der Waals surface area (Å²) in [7, 11) is 1.56. The van der Waals surface area contributed by atoms with Crippen LogP contribution >= 0.6 is 0 Å². The van der Waals surface area contributed by atoms with E-state index in [1.165, 1.54) is 0 Å². The Morgan fingerprint density at radius 1 is 0.897 bits per heavy atom. The van der Waals surface area contributed by atoms with Crippen LogP contribution in [0, 0.1) is 0 Å². The molecule has 0 amide bonds. The van der Waals surface area contributed by atoms with Crippen molar-refractivity contribution in [3.05, 3.63) is 124 Å². The van der Waals surface area contributed by atoms with E-state index in [1.807, 2.05) is 79.7 Å². The van der Waals surface area contributed by atoms with Crippen LogP contribution in [0.1, 0.15) is 48.3 Å². The van der Waals surface area contributed by atoms with E-state index in [0.29, 0.717) is 48.6 Å². The van der Waals surface area contributed by atoms with Gasteiger partial charge in [0.25, 0.3) is 0 Å². The highest BCUT2D eigenvalue weighted by atomic mass is 16.6. The van der Waals surface area contributed by atoms with Crippen molar-refractivity contribution < 1.29 is 23.8 Å². The van der Waals surface area contributed by atoms with Crippen molar-refractivity contribution in [1.29, 1.82) is 0 Å². The molecule has 1 aliphatic heterocycles. The molecule has 0 saturated heterocycles. The maximum absolute atomic E-state index is 13.9. The minimum absolute atomic E-state index is 0.0233. The molecule has 0 aromatic heterocycles. The molecule has 3 aromatic carbocycles. The molecular formula is C33H33NO5. The maximum Gasteiger partial charge on any atom is 0.336 e. The first-order valence-electron chi connectivity index (χ1n) is 13.3. The number of carbonyl (C=O) groups excluding carboxylic acids is 2. The normalized spacial score (nSPS) is 18.9. The Bertz CT molecular complexity index is 1390. The van der Waals surface area contributed by atoms with Crippen LogP contribution < -0.4 is 10.1 Å². The molecule has 39 heavy (non-hydrogen) atoms. The van der Waals surface area contributed by atoms with Gasteiger partial charge in [0.05, 0.1) is 18.1 Å². The highest BCUT2D eigenvalue weighted by Crippen LogP contribution is 2.47. The Morgan fingerprint density at radius 3 is 2.33 bits per heavy atom. The van der Waals surface area contributed by atoms with Crippen molar-refractivity contribution in [2.24, 2.45) is 0 Å². The molecule has 2 aliphatic rings. The maximum atomic E-state index is 13.9. The fourth-order valence-corrected chi connectivity index (χ4v) is 5.46. The lowest BCUT2D eigenvalue weighted by Gasteiger charge is -2.37. The first kappa shape index (κ1) is 26.4. The standard InChI is InChI=1S/C33H33NO5/c1-22-30(33(36)38-18-17-37-2)31(26-15-9-10-16-29(26)39-21-23-11-5-3-6-12-23)32-27(34-22)19-25(20-28(32)35)24-13-7-4-8-14-24/h3-16,25,31,34H,17-21H2,1-2H3. The third-order valence-corrected chi connectivity index (χ3v) is 7.31. The van der Waals surface area contributed by atoms with Crippen LogP contribution in [0.2, 0.25) is 0 Å². The average Bonchev–Trinajstić information content (AvgIpc) is 2.96. The van der Waals surface area contributed by atoms with Crippen molar-refractivity contribution in [2.45, 2.75) is 38.2 Å². The molecule has 1 aliphatic carbocycles. The van der Waals surface area contributed by atoms with E-state index in [1.54, 1.807) is 7.11 Å². The SMILES string of the molecule is COCCOC(=O)C1=C(C)NC2=C(C(=O)CC(c3ccccc3)C2)C1c1ccccc1OCc1ccccc1. The summed E-state index contributed by atoms with van der Waals surface area (Å²) in [6, 6.07) is 27.7. The van der Waals surface area contributed by atoms with Gasteiger partial charge in [-0.05, 0) is 36.5 Å². The van der Waals surface area contributed by atoms with E-state index in [-0.39, 0.29) is 18.3 Å². The van der Waals surface area contributed by atoms with Gasteiger partial charge in [-0.25, -0.2) is 4.79 Å². The van der Waals surface area contributed by atoms with Crippen LogP contribution in [0.5, 0.6) is 5.75 Å². The molecule has 1 N–H and O–H groups in total. The number of allylic oxidation sites excluding steroid dienone is 3. The molecule has 2 unspecified atom stereocenters. The number of hydrogen-bond donors (Lipinski definition) is 1. The van der Waals surface area contributed by atoms with Crippen LogP contribution in [0.4, 0.5) is 0 Å². The number of esters is 1. The van der Waals surface area contributed by atoms with Crippen molar-refractivity contribution in [3.8, 4) is 5.75 Å². The third kappa shape index (κ3) is 5.81. The highest BCUT2D eigenvalue weighted by Gasteiger charge is 2.42. The molecule has 1 heterocycles. The summed E-state index contributed by atoms with van der Waals surface area (Å²) < 4.78 is 17.0. The molecule has 6 heteroatoms. The van der Waals surface area contributed by atoms with E-state index in [4.69, 9.17) is 14.2 Å². The number of Topliss-reactive ketones (excluding diaryl/α,β-unsaturated/α-hetero) is 1. The topological polar surface area (TPSA) is 73.9 Å². The van der Waals surface area contributed by atoms with E-state index < -0.39 is 11.9 Å². The van der Waals surface area contributed by atoms with Gasteiger partial charge in [0.15, 0.2) is 5.78 Å². The summed E-state index contributed by atoms with van der Waals surface area (Å²) in [4.78, 5) is 27.4. The fraction of sp³-hybridized carbons (Fsp3) is 0.273. The molecule has 3 aromatic rings. The van der Waals surface area contributed by atoms with E-state index in [9.17, 15) is 9.59 Å². The van der Waals surface area contributed by atoms with Gasteiger partial charge in [-0.3, -0.25) is 4.79 Å². The largest absolute Gasteiger partial charge is 0.489 e. The van der Waals surface area contributed by atoms with Gasteiger partial charge in [-0.15, -0.1) is 0 Å². The second kappa shape index (κ2) is 12.1. The molecule has 0 saturated carbocycles. The van der Waals surface area contributed by atoms with Crippen LogP contribution in [-0.4, -0.2) is 32.1 Å². The molecular weight excluding hydrogens is 490 g/mol. The summed E-state index contributed by atoms with van der Waals surface area (Å²) in [6.45, 7) is 2.66. The van der Waals surface area contributed by atoms with Crippen molar-refractivity contribution in [1.82, 2.24) is 5.32 Å². The molecule has 0 radical (unpaired) electrons. The Labute approximate surface area is 229 Å². The number of nitrogens with one attached hydrogen (secondary N) is 1. The second-order valence-corrected chi connectivity index (χ2v) is 9.87. The quantitative estimate of drug-likeness (QED) is 0.282. The minimum atomic E-state index is -0.604. The number of benzene rings is 3. The number of dihydropyridines is 1. The lowest BCUT2D eigenvalue weighted by Crippen LogP contribution is -2.36. The zero-order chi connectivity index (χ0) is 27.2. The Hall–Kier alpha value is -4.16. The van der Waals surface area contributed by atoms with E-state index in [2.05, 4.69) is 17.4 Å². The van der Waals surface area contributed by atoms with Gasteiger partial charge in [0.1, 0.15) is 19.0 Å². The van der Waals surface area contributed by atoms with Crippen LogP contribution in [0.15, 0.2) is 107 Å². The minimum Gasteiger partial charge on any atom is -0.489 e. The number of carbonyl (C=O) groups is 2. The Kier molecular flexibility index (Phi) is 8.23. The molecule has 0 spiro atoms. The Balaban J connectivity index is 1.55. The fourth-order valence-electron chi connectivity index (χ4n) is 5.46. The van der Waals surface area contributed by atoms with Crippen molar-refractivity contribution >= 4 is 11.8 Å². The van der Waals surface area contributed by atoms with Gasteiger partial charge < -0.3 is 19.5 Å². The Morgan fingerprint density at radius 2 is 1.59 bits per heavy atom. The first-order valence-corrected chi connectivity index (χ1v) is 13.3. The third-order valence-electron chi connectivity index (χ3n) is 7.31. The predicted octanol–water partition coefficient (Wildman–Crippen LogP) is 5.82. The van der Waals surface area contributed by atoms with Crippen LogP contribution in [-0.2, 0) is 25.7 Å². The number of rotatable bonds is 9. The predicted molar refractivity (Wildman–Crippen MR) is 149 cm³/mol. The van der Waals surface area contributed by atoms with Crippen LogP contribution in [0.25, 0.3) is 0 Å². The molecule has 200 valence electrons. The van der Waals surface area contributed by atoms with Gasteiger partial charge in [0, 0.05) is 36.1 Å². The van der Waals surface area contributed by atoms with Gasteiger partial charge in [-0.2, -0.15) is 0 Å². The zero-order valence-corrected chi connectivity index (χ0v) is 22.3. The zero-order valence-electron chi connectivity index (χ0n) is 22.3. The summed E-state index contributed by atoms with van der Waals surface area (Å²) in [5.41, 5.74) is 5.51. The van der Waals surface area contributed by atoms with Gasteiger partial charge in [-0.1, -0.05) is 78.9 Å². The second-order valence-electron chi connectivity index (χ2n) is 9.87. The number of hydrogen-bond acceptors (Lipinski definition) is 6. The number of ketones is 1. The molecule has 5 rings (SSSR count). The van der Waals surface area contributed by atoms with Crippen LogP contribution in [0.3, 0.4) is 0 Å². The number of ether oxygens (including phenoxy) is 3. The van der Waals surface area contributed by atoms with Gasteiger partial charge >= 0.3 is 5.97 Å². The molecule has 2 atom stereocenters. The summed E-state index contributed by atoms with van der Waals surface area (Å²) in [5, 5.41) is 3.41. The van der Waals surface area contributed by atoms with Crippen molar-refractivity contribution in [3.63, 3.8) is 0 Å². The average molecular weight is 524 g/mol. The number of methoxy groups -OCH3 is 1. The summed E-state index contributed by atoms with van der Waals surface area (Å²) in [5.74, 6) is -0.349. The number of para-hydroxylation sites is 1. The summed E-state index contributed by atoms with van der Waals surface area (Å²) >= 11 is 0. The highest BCUT2D eigenvalue weighted by molar-refractivity contribution is 6.04. The van der Waals surface area contributed by atoms with E-state index in [0.717, 1.165) is 22.4 Å². The first-order chi connectivity index (χ1) is 19.1.